The summed E-state index contributed by atoms with van der Waals surface area (Å²) in [4.78, 5) is 4.45. The van der Waals surface area contributed by atoms with E-state index >= 15 is 0 Å². The van der Waals surface area contributed by atoms with E-state index in [-0.39, 0.29) is 0 Å². The van der Waals surface area contributed by atoms with Gasteiger partial charge in [0.05, 0.1) is 23.7 Å². The van der Waals surface area contributed by atoms with Crippen molar-refractivity contribution in [2.45, 2.75) is 19.2 Å². The summed E-state index contributed by atoms with van der Waals surface area (Å²) >= 11 is 7.39. The number of rotatable bonds is 4. The van der Waals surface area contributed by atoms with Crippen LogP contribution in [0.5, 0.6) is 5.75 Å². The average Bonchev–Trinajstić information content (AvgIpc) is 2.77. The van der Waals surface area contributed by atoms with Crippen LogP contribution in [-0.2, 0) is 12.3 Å². The van der Waals surface area contributed by atoms with Crippen LogP contribution in [0.25, 0.3) is 0 Å². The Labute approximate surface area is 110 Å². The second kappa shape index (κ2) is 5.52. The van der Waals surface area contributed by atoms with Gasteiger partial charge < -0.3 is 4.74 Å². The van der Waals surface area contributed by atoms with Crippen molar-refractivity contribution in [1.82, 2.24) is 4.98 Å². The molecule has 0 amide bonds. The van der Waals surface area contributed by atoms with Gasteiger partial charge in [0.25, 0.3) is 0 Å². The molecule has 0 N–H and O–H groups in total. The van der Waals surface area contributed by atoms with Gasteiger partial charge in [-0.2, -0.15) is 0 Å². The standard InChI is InChI=1S/C13H14ClNOS/c1-9-5-10(3-4-12(9)16-2)6-13-15-11(7-14)8-17-13/h3-5,8H,6-7H2,1-2H3. The van der Waals surface area contributed by atoms with Gasteiger partial charge in [-0.3, -0.25) is 0 Å². The molecule has 0 bridgehead atoms. The molecule has 1 aromatic carbocycles. The predicted molar refractivity (Wildman–Crippen MR) is 72.2 cm³/mol. The molecule has 90 valence electrons. The summed E-state index contributed by atoms with van der Waals surface area (Å²) in [5.41, 5.74) is 3.36. The summed E-state index contributed by atoms with van der Waals surface area (Å²) in [6, 6.07) is 6.22. The van der Waals surface area contributed by atoms with Crippen molar-refractivity contribution in [3.8, 4) is 5.75 Å². The van der Waals surface area contributed by atoms with Crippen molar-refractivity contribution >= 4 is 22.9 Å². The highest BCUT2D eigenvalue weighted by Gasteiger charge is 2.04. The molecule has 0 saturated carbocycles. The van der Waals surface area contributed by atoms with E-state index in [2.05, 4.69) is 17.1 Å². The summed E-state index contributed by atoms with van der Waals surface area (Å²) in [5.74, 6) is 1.41. The third kappa shape index (κ3) is 2.99. The Morgan fingerprint density at radius 1 is 1.41 bits per heavy atom. The third-order valence-electron chi connectivity index (χ3n) is 2.55. The number of hydrogen-bond acceptors (Lipinski definition) is 3. The lowest BCUT2D eigenvalue weighted by atomic mass is 10.1. The first-order chi connectivity index (χ1) is 8.22. The summed E-state index contributed by atoms with van der Waals surface area (Å²) in [6.45, 7) is 2.05. The summed E-state index contributed by atoms with van der Waals surface area (Å²) in [6.07, 6.45) is 0.854. The normalized spacial score (nSPS) is 10.5. The summed E-state index contributed by atoms with van der Waals surface area (Å²) < 4.78 is 5.24. The highest BCUT2D eigenvalue weighted by Crippen LogP contribution is 2.21. The molecule has 17 heavy (non-hydrogen) atoms. The minimum atomic E-state index is 0.484. The summed E-state index contributed by atoms with van der Waals surface area (Å²) in [7, 11) is 1.69. The smallest absolute Gasteiger partial charge is 0.121 e. The van der Waals surface area contributed by atoms with Crippen LogP contribution in [0.4, 0.5) is 0 Å². The largest absolute Gasteiger partial charge is 0.496 e. The van der Waals surface area contributed by atoms with Gasteiger partial charge >= 0.3 is 0 Å². The maximum Gasteiger partial charge on any atom is 0.121 e. The number of benzene rings is 1. The molecule has 0 radical (unpaired) electrons. The fourth-order valence-electron chi connectivity index (χ4n) is 1.72. The van der Waals surface area contributed by atoms with Crippen LogP contribution in [-0.4, -0.2) is 12.1 Å². The molecule has 0 aliphatic rings. The zero-order valence-corrected chi connectivity index (χ0v) is 11.4. The first-order valence-corrected chi connectivity index (χ1v) is 6.77. The number of halogens is 1. The lowest BCUT2D eigenvalue weighted by Crippen LogP contribution is -1.92. The number of alkyl halides is 1. The monoisotopic (exact) mass is 267 g/mol. The number of nitrogens with zero attached hydrogens (tertiary/aromatic N) is 1. The van der Waals surface area contributed by atoms with E-state index in [9.17, 15) is 0 Å². The number of hydrogen-bond donors (Lipinski definition) is 0. The zero-order chi connectivity index (χ0) is 12.3. The third-order valence-corrected chi connectivity index (χ3v) is 3.72. The lowest BCUT2D eigenvalue weighted by molar-refractivity contribution is 0.411. The Hall–Kier alpha value is -1.06. The molecule has 0 atom stereocenters. The topological polar surface area (TPSA) is 22.1 Å². The SMILES string of the molecule is COc1ccc(Cc2nc(CCl)cs2)cc1C. The Morgan fingerprint density at radius 2 is 2.24 bits per heavy atom. The molecule has 2 nitrogen and oxygen atoms in total. The molecular formula is C13H14ClNOS. The molecule has 2 aromatic rings. The van der Waals surface area contributed by atoms with Gasteiger partial charge in [0.2, 0.25) is 0 Å². The molecule has 0 aliphatic heterocycles. The van der Waals surface area contributed by atoms with E-state index in [4.69, 9.17) is 16.3 Å². The number of aromatic nitrogens is 1. The number of aryl methyl sites for hydroxylation is 1. The first kappa shape index (κ1) is 12.4. The zero-order valence-electron chi connectivity index (χ0n) is 9.87. The Morgan fingerprint density at radius 3 is 2.82 bits per heavy atom. The molecule has 1 heterocycles. The van der Waals surface area contributed by atoms with Crippen molar-refractivity contribution in [2.75, 3.05) is 7.11 Å². The van der Waals surface area contributed by atoms with Gasteiger partial charge in [-0.1, -0.05) is 12.1 Å². The molecule has 0 spiro atoms. The van der Waals surface area contributed by atoms with E-state index in [0.717, 1.165) is 28.4 Å². The average molecular weight is 268 g/mol. The first-order valence-electron chi connectivity index (χ1n) is 5.35. The van der Waals surface area contributed by atoms with Crippen LogP contribution in [0.3, 0.4) is 0 Å². The van der Waals surface area contributed by atoms with Crippen LogP contribution < -0.4 is 4.74 Å². The predicted octanol–water partition coefficient (Wildman–Crippen LogP) is 3.79. The fraction of sp³-hybridized carbons (Fsp3) is 0.308. The molecular weight excluding hydrogens is 254 g/mol. The van der Waals surface area contributed by atoms with E-state index in [0.29, 0.717) is 5.88 Å². The molecule has 0 fully saturated rings. The van der Waals surface area contributed by atoms with Crippen LogP contribution >= 0.6 is 22.9 Å². The van der Waals surface area contributed by atoms with Crippen molar-refractivity contribution in [3.63, 3.8) is 0 Å². The molecule has 0 saturated heterocycles. The molecule has 0 aliphatic carbocycles. The van der Waals surface area contributed by atoms with Crippen LogP contribution in [0, 0.1) is 6.92 Å². The number of ether oxygens (including phenoxy) is 1. The van der Waals surface area contributed by atoms with Crippen LogP contribution in [0.2, 0.25) is 0 Å². The van der Waals surface area contributed by atoms with Gasteiger partial charge in [-0.05, 0) is 24.1 Å². The van der Waals surface area contributed by atoms with Crippen molar-refractivity contribution in [3.05, 3.63) is 45.4 Å². The minimum absolute atomic E-state index is 0.484. The van der Waals surface area contributed by atoms with Crippen molar-refractivity contribution in [2.24, 2.45) is 0 Å². The van der Waals surface area contributed by atoms with Gasteiger partial charge in [-0.25, -0.2) is 4.98 Å². The fourth-order valence-corrected chi connectivity index (χ4v) is 2.77. The van der Waals surface area contributed by atoms with Crippen molar-refractivity contribution < 1.29 is 4.74 Å². The Balaban J connectivity index is 2.15. The van der Waals surface area contributed by atoms with E-state index in [1.54, 1.807) is 18.4 Å². The quantitative estimate of drug-likeness (QED) is 0.787. The van der Waals surface area contributed by atoms with Gasteiger partial charge in [0.15, 0.2) is 0 Å². The van der Waals surface area contributed by atoms with Gasteiger partial charge in [0, 0.05) is 11.8 Å². The minimum Gasteiger partial charge on any atom is -0.496 e. The Kier molecular flexibility index (Phi) is 4.02. The summed E-state index contributed by atoms with van der Waals surface area (Å²) in [5, 5.41) is 3.11. The number of thiazole rings is 1. The second-order valence-electron chi connectivity index (χ2n) is 3.85. The van der Waals surface area contributed by atoms with Crippen molar-refractivity contribution in [1.29, 1.82) is 0 Å². The van der Waals surface area contributed by atoms with E-state index in [1.165, 1.54) is 5.56 Å². The van der Waals surface area contributed by atoms with E-state index in [1.807, 2.05) is 18.4 Å². The molecule has 4 heteroatoms. The second-order valence-corrected chi connectivity index (χ2v) is 5.06. The highest BCUT2D eigenvalue weighted by atomic mass is 35.5. The Bertz CT molecular complexity index is 510. The molecule has 0 unspecified atom stereocenters. The van der Waals surface area contributed by atoms with Gasteiger partial charge in [0.1, 0.15) is 5.75 Å². The van der Waals surface area contributed by atoms with E-state index < -0.39 is 0 Å². The van der Waals surface area contributed by atoms with Crippen LogP contribution in [0.1, 0.15) is 21.8 Å². The van der Waals surface area contributed by atoms with Gasteiger partial charge in [-0.15, -0.1) is 22.9 Å². The lowest BCUT2D eigenvalue weighted by Gasteiger charge is -2.06. The maximum atomic E-state index is 5.74. The number of methoxy groups -OCH3 is 1. The van der Waals surface area contributed by atoms with Crippen LogP contribution in [0.15, 0.2) is 23.6 Å². The maximum absolute atomic E-state index is 5.74. The molecule has 1 aromatic heterocycles. The molecule has 2 rings (SSSR count). The highest BCUT2D eigenvalue weighted by molar-refractivity contribution is 7.09.